The van der Waals surface area contributed by atoms with E-state index in [9.17, 15) is 83.1 Å². The van der Waals surface area contributed by atoms with Crippen LogP contribution in [0.5, 0.6) is 0 Å². The summed E-state index contributed by atoms with van der Waals surface area (Å²) in [7, 11) is -7.89. The molecule has 0 spiro atoms. The minimum Gasteiger partial charge on any atom is -0.325 e. The number of alkyl halides is 17. The molecular weight excluding hydrogens is 645 g/mol. The average Bonchev–Trinajstić information content (AvgIpc) is 2.82. The molecule has 1 saturated carbocycles. The smallest absolute Gasteiger partial charge is 0.325 e. The lowest BCUT2D eigenvalue weighted by Gasteiger charge is -2.42. The van der Waals surface area contributed by atoms with Gasteiger partial charge < -0.3 is 5.73 Å². The van der Waals surface area contributed by atoms with E-state index in [0.717, 1.165) is 18.8 Å². The summed E-state index contributed by atoms with van der Waals surface area (Å²) < 4.78 is 242. The van der Waals surface area contributed by atoms with Crippen LogP contribution in [0, 0.1) is 5.92 Å². The van der Waals surface area contributed by atoms with Gasteiger partial charge in [-0.05, 0) is 31.6 Å². The third-order valence-electron chi connectivity index (χ3n) is 6.75. The Labute approximate surface area is 221 Å². The van der Waals surface area contributed by atoms with E-state index in [-0.39, 0.29) is 5.54 Å². The first-order chi connectivity index (χ1) is 17.7. The van der Waals surface area contributed by atoms with Crippen molar-refractivity contribution in [1.82, 2.24) is 0 Å². The fourth-order valence-electron chi connectivity index (χ4n) is 3.82. The first kappa shape index (κ1) is 39.7. The van der Waals surface area contributed by atoms with Gasteiger partial charge in [0.25, 0.3) is 0 Å². The van der Waals surface area contributed by atoms with Crippen molar-refractivity contribution in [3.8, 4) is 0 Å². The lowest BCUT2D eigenvalue weighted by atomic mass is 9.72. The molecule has 1 fully saturated rings. The predicted molar refractivity (Wildman–Crippen MR) is 106 cm³/mol. The van der Waals surface area contributed by atoms with Crippen molar-refractivity contribution in [2.24, 2.45) is 11.7 Å². The van der Waals surface area contributed by atoms with Crippen molar-refractivity contribution in [2.75, 3.05) is 0 Å². The molecule has 1 aliphatic carbocycles. The fourth-order valence-corrected chi connectivity index (χ4v) is 4.27. The molecule has 0 unspecified atom stereocenters. The molecule has 0 aromatic heterocycles. The number of nitrogens with two attached hydrogens (primary N) is 1. The minimum absolute atomic E-state index is 0.153. The molecule has 0 radical (unpaired) electrons. The minimum atomic E-state index is -8.89. The molecule has 248 valence electrons. The summed E-state index contributed by atoms with van der Waals surface area (Å²) in [5.41, 5.74) is 6.52. The first-order valence-electron chi connectivity index (χ1n) is 11.2. The van der Waals surface area contributed by atoms with Crippen LogP contribution in [0.15, 0.2) is 0 Å². The predicted octanol–water partition coefficient (Wildman–Crippen LogP) is 7.93. The maximum absolute atomic E-state index is 13.0. The first-order valence-corrected chi connectivity index (χ1v) is 12.6. The third-order valence-corrected chi connectivity index (χ3v) is 7.66. The zero-order valence-corrected chi connectivity index (χ0v) is 21.5. The standard InChI is InChI=1S/C11H23N.C8HF17O3S/c1-3-11(12,4-2)10-8-6-5-7-9-10;9-1(10,3(13,14)5(17,18)7(21,22)23)2(11,12)4(15,16)6(19,20)8(24,25)29(26,27)28/h10H,3-9,12H2,1-2H3;(H,26,27,28). The number of hydrogen-bond acceptors (Lipinski definition) is 3. The second kappa shape index (κ2) is 11.6. The SMILES string of the molecule is CCC(N)(CC)C1CCCCC1.O=S(=O)(O)C(F)(F)C(F)(F)C(F)(F)C(F)(F)C(F)(F)C(F)(F)C(F)(F)C(F)(F)F. The second-order valence-electron chi connectivity index (χ2n) is 9.21. The van der Waals surface area contributed by atoms with Gasteiger partial charge in [-0.15, -0.1) is 0 Å². The molecule has 0 bridgehead atoms. The zero-order chi connectivity index (χ0) is 33.5. The fraction of sp³-hybridized carbons (Fsp3) is 1.00. The van der Waals surface area contributed by atoms with Gasteiger partial charge in [-0.1, -0.05) is 33.1 Å². The molecule has 0 aliphatic heterocycles. The lowest BCUT2D eigenvalue weighted by Crippen LogP contribution is -2.74. The molecule has 0 atom stereocenters. The zero-order valence-electron chi connectivity index (χ0n) is 20.7. The van der Waals surface area contributed by atoms with E-state index in [1.54, 1.807) is 0 Å². The molecule has 0 saturated heterocycles. The maximum atomic E-state index is 13.0. The molecule has 0 heterocycles. The van der Waals surface area contributed by atoms with Gasteiger partial charge in [-0.25, -0.2) is 0 Å². The Morgan fingerprint density at radius 1 is 0.585 bits per heavy atom. The van der Waals surface area contributed by atoms with Crippen LogP contribution >= 0.6 is 0 Å². The summed E-state index contributed by atoms with van der Waals surface area (Å²) in [5, 5.41) is -7.84. The summed E-state index contributed by atoms with van der Waals surface area (Å²) in [4.78, 5) is 0. The Morgan fingerprint density at radius 3 is 1.15 bits per heavy atom. The number of rotatable bonds is 10. The highest BCUT2D eigenvalue weighted by Crippen LogP contribution is 2.64. The molecular formula is C19H24F17NO3S. The van der Waals surface area contributed by atoms with Gasteiger partial charge in [0.15, 0.2) is 0 Å². The molecule has 1 rings (SSSR count). The van der Waals surface area contributed by atoms with Gasteiger partial charge in [0.05, 0.1) is 0 Å². The van der Waals surface area contributed by atoms with E-state index in [1.165, 1.54) is 32.1 Å². The molecule has 22 heteroatoms. The van der Waals surface area contributed by atoms with E-state index < -0.39 is 57.1 Å². The van der Waals surface area contributed by atoms with Crippen molar-refractivity contribution < 1.29 is 87.6 Å². The van der Waals surface area contributed by atoms with Gasteiger partial charge in [0.2, 0.25) is 0 Å². The van der Waals surface area contributed by atoms with Crippen LogP contribution in [0.1, 0.15) is 58.8 Å². The van der Waals surface area contributed by atoms with Crippen molar-refractivity contribution in [3.05, 3.63) is 0 Å². The van der Waals surface area contributed by atoms with E-state index in [1.807, 2.05) is 0 Å². The summed E-state index contributed by atoms with van der Waals surface area (Å²) in [6.45, 7) is 4.47. The van der Waals surface area contributed by atoms with E-state index in [4.69, 9.17) is 10.3 Å². The normalized spacial score (nSPS) is 18.2. The molecule has 4 nitrogen and oxygen atoms in total. The van der Waals surface area contributed by atoms with Crippen LogP contribution in [-0.4, -0.2) is 65.5 Å². The summed E-state index contributed by atoms with van der Waals surface area (Å²) in [5.74, 6) is -51.2. The van der Waals surface area contributed by atoms with Crippen molar-refractivity contribution in [2.45, 2.75) is 111 Å². The Hall–Kier alpha value is -1.32. The van der Waals surface area contributed by atoms with Crippen molar-refractivity contribution >= 4 is 10.1 Å². The van der Waals surface area contributed by atoms with Gasteiger partial charge in [-0.2, -0.15) is 83.1 Å². The summed E-state index contributed by atoms with van der Waals surface area (Å²) >= 11 is 0. The Balaban J connectivity index is 0.00000110. The summed E-state index contributed by atoms with van der Waals surface area (Å²) in [6, 6.07) is 0. The van der Waals surface area contributed by atoms with E-state index in [2.05, 4.69) is 13.8 Å². The second-order valence-corrected chi connectivity index (χ2v) is 10.7. The quantitative estimate of drug-likeness (QED) is 0.183. The molecule has 0 amide bonds. The molecule has 3 N–H and O–H groups in total. The molecule has 0 aromatic carbocycles. The number of halogens is 17. The summed E-state index contributed by atoms with van der Waals surface area (Å²) in [6.07, 6.45) is 1.40. The highest BCUT2D eigenvalue weighted by Gasteiger charge is 2.96. The van der Waals surface area contributed by atoms with Gasteiger partial charge >= 0.3 is 57.1 Å². The van der Waals surface area contributed by atoms with Crippen molar-refractivity contribution in [3.63, 3.8) is 0 Å². The third kappa shape index (κ3) is 6.33. The maximum Gasteiger partial charge on any atom is 0.460 e. The van der Waals surface area contributed by atoms with Gasteiger partial charge in [0.1, 0.15) is 0 Å². The molecule has 1 aliphatic rings. The number of hydrogen-bond donors (Lipinski definition) is 2. The van der Waals surface area contributed by atoms with Crippen LogP contribution in [0.2, 0.25) is 0 Å². The Morgan fingerprint density at radius 2 is 0.878 bits per heavy atom. The van der Waals surface area contributed by atoms with Gasteiger partial charge in [-0.3, -0.25) is 4.55 Å². The van der Waals surface area contributed by atoms with Crippen LogP contribution in [0.25, 0.3) is 0 Å². The highest BCUT2D eigenvalue weighted by molar-refractivity contribution is 7.87. The highest BCUT2D eigenvalue weighted by atomic mass is 32.2. The largest absolute Gasteiger partial charge is 0.460 e. The monoisotopic (exact) mass is 669 g/mol. The van der Waals surface area contributed by atoms with E-state index >= 15 is 0 Å². The lowest BCUT2D eigenvalue weighted by molar-refractivity contribution is -0.458. The van der Waals surface area contributed by atoms with E-state index in [0.29, 0.717) is 0 Å². The van der Waals surface area contributed by atoms with Crippen LogP contribution in [0.3, 0.4) is 0 Å². The average molecular weight is 669 g/mol. The Kier molecular flexibility index (Phi) is 11.3. The van der Waals surface area contributed by atoms with Crippen LogP contribution in [0.4, 0.5) is 74.6 Å². The van der Waals surface area contributed by atoms with Crippen LogP contribution in [-0.2, 0) is 10.1 Å². The van der Waals surface area contributed by atoms with Crippen LogP contribution < -0.4 is 5.73 Å². The van der Waals surface area contributed by atoms with Crippen molar-refractivity contribution in [1.29, 1.82) is 0 Å². The molecule has 41 heavy (non-hydrogen) atoms. The topological polar surface area (TPSA) is 80.4 Å². The van der Waals surface area contributed by atoms with Gasteiger partial charge in [0, 0.05) is 5.54 Å². The molecule has 0 aromatic rings. The Bertz CT molecular complexity index is 985.